The highest BCUT2D eigenvalue weighted by molar-refractivity contribution is 6.29. The van der Waals surface area contributed by atoms with E-state index in [9.17, 15) is 4.79 Å². The van der Waals surface area contributed by atoms with Crippen LogP contribution in [0.1, 0.15) is 17.7 Å². The number of nitrogens with zero attached hydrogens (tertiary/aromatic N) is 3. The van der Waals surface area contributed by atoms with E-state index in [0.717, 1.165) is 45.8 Å². The third kappa shape index (κ3) is 3.22. The van der Waals surface area contributed by atoms with Gasteiger partial charge in [0.15, 0.2) is 0 Å². The van der Waals surface area contributed by atoms with Crippen LogP contribution in [-0.2, 0) is 16.0 Å². The summed E-state index contributed by atoms with van der Waals surface area (Å²) in [6.07, 6.45) is 1.37. The summed E-state index contributed by atoms with van der Waals surface area (Å²) in [7, 11) is 0. The lowest BCUT2D eigenvalue weighted by molar-refractivity contribution is -0.132. The molecule has 0 N–H and O–H groups in total. The van der Waals surface area contributed by atoms with Crippen LogP contribution in [0.3, 0.4) is 0 Å². The van der Waals surface area contributed by atoms with Gasteiger partial charge in [-0.05, 0) is 24.9 Å². The molecule has 1 amide bonds. The number of hydrogen-bond acceptors (Lipinski definition) is 5. The number of hydrogen-bond donors (Lipinski definition) is 0. The topological polar surface area (TPSA) is 58.8 Å². The number of ether oxygens (including phenoxy) is 1. The van der Waals surface area contributed by atoms with E-state index in [0.29, 0.717) is 17.3 Å². The summed E-state index contributed by atoms with van der Waals surface area (Å²) in [5.41, 5.74) is 1.39. The maximum Gasteiger partial charge on any atom is 0.229 e. The van der Waals surface area contributed by atoms with Gasteiger partial charge in [-0.3, -0.25) is 9.69 Å². The number of amides is 1. The monoisotopic (exact) mass is 313 g/mol. The molecule has 1 aromatic heterocycles. The molecule has 0 saturated carbocycles. The van der Waals surface area contributed by atoms with Crippen LogP contribution >= 0.6 is 11.6 Å². The molecule has 0 bridgehead atoms. The Morgan fingerprint density at radius 2 is 2.14 bits per heavy atom. The molecular weight excluding hydrogens is 294 g/mol. The Kier molecular flexibility index (Phi) is 4.47. The largest absolute Gasteiger partial charge is 0.380 e. The van der Waals surface area contributed by atoms with Crippen LogP contribution in [0.4, 0.5) is 0 Å². The van der Waals surface area contributed by atoms with Crippen LogP contribution in [-0.4, -0.2) is 66.3 Å². The van der Waals surface area contributed by atoms with Crippen molar-refractivity contribution in [2.45, 2.75) is 25.8 Å². The second-order valence-electron chi connectivity index (χ2n) is 5.63. The van der Waals surface area contributed by atoms with Crippen molar-refractivity contribution in [1.29, 1.82) is 0 Å². The van der Waals surface area contributed by atoms with E-state index in [1.807, 2.05) is 4.90 Å². The smallest absolute Gasteiger partial charge is 0.229 e. The molecule has 0 aliphatic carbocycles. The zero-order valence-corrected chi connectivity index (χ0v) is 12.9. The van der Waals surface area contributed by atoms with Gasteiger partial charge in [0.05, 0.1) is 18.7 Å². The Bertz CT molecular complexity index is 486. The van der Waals surface area contributed by atoms with Gasteiger partial charge in [-0.15, -0.1) is 0 Å². The standard InChI is InChI=1S/C14H20ClN3O3/c1-10-12(14(15)21-16-10)8-13(19)18-5-3-17(4-6-18)11-2-7-20-9-11/h11H,2-9H2,1H3. The van der Waals surface area contributed by atoms with Crippen molar-refractivity contribution in [2.24, 2.45) is 0 Å². The molecule has 2 fully saturated rings. The predicted molar refractivity (Wildman–Crippen MR) is 77.3 cm³/mol. The summed E-state index contributed by atoms with van der Waals surface area (Å²) in [5, 5.41) is 4.00. The van der Waals surface area contributed by atoms with Crippen LogP contribution in [0.15, 0.2) is 4.52 Å². The van der Waals surface area contributed by atoms with Gasteiger partial charge < -0.3 is 14.2 Å². The van der Waals surface area contributed by atoms with Crippen LogP contribution in [0.25, 0.3) is 0 Å². The van der Waals surface area contributed by atoms with Crippen LogP contribution in [0, 0.1) is 6.92 Å². The van der Waals surface area contributed by atoms with E-state index in [-0.39, 0.29) is 17.5 Å². The number of piperazine rings is 1. The summed E-state index contributed by atoms with van der Waals surface area (Å²) >= 11 is 5.92. The van der Waals surface area contributed by atoms with E-state index >= 15 is 0 Å². The molecular formula is C14H20ClN3O3. The average molecular weight is 314 g/mol. The SMILES string of the molecule is Cc1noc(Cl)c1CC(=O)N1CCN(C2CCOC2)CC1. The number of carbonyl (C=O) groups is 1. The highest BCUT2D eigenvalue weighted by atomic mass is 35.5. The summed E-state index contributed by atoms with van der Waals surface area (Å²) in [4.78, 5) is 16.7. The van der Waals surface area contributed by atoms with Crippen molar-refractivity contribution in [3.63, 3.8) is 0 Å². The Balaban J connectivity index is 1.53. The van der Waals surface area contributed by atoms with Crippen molar-refractivity contribution in [2.75, 3.05) is 39.4 Å². The van der Waals surface area contributed by atoms with E-state index in [2.05, 4.69) is 10.1 Å². The van der Waals surface area contributed by atoms with E-state index < -0.39 is 0 Å². The molecule has 0 spiro atoms. The minimum atomic E-state index is 0.0884. The van der Waals surface area contributed by atoms with Gasteiger partial charge in [0, 0.05) is 44.4 Å². The number of halogens is 1. The van der Waals surface area contributed by atoms with Gasteiger partial charge in [-0.25, -0.2) is 0 Å². The lowest BCUT2D eigenvalue weighted by Gasteiger charge is -2.37. The normalized spacial score (nSPS) is 23.7. The van der Waals surface area contributed by atoms with Crippen molar-refractivity contribution in [1.82, 2.24) is 15.0 Å². The van der Waals surface area contributed by atoms with Gasteiger partial charge in [0.2, 0.25) is 11.1 Å². The molecule has 21 heavy (non-hydrogen) atoms. The number of aromatic nitrogens is 1. The highest BCUT2D eigenvalue weighted by Crippen LogP contribution is 2.21. The average Bonchev–Trinajstić information content (AvgIpc) is 3.13. The molecule has 116 valence electrons. The number of rotatable bonds is 3. The molecule has 7 heteroatoms. The van der Waals surface area contributed by atoms with Crippen molar-refractivity contribution in [3.05, 3.63) is 16.5 Å². The fourth-order valence-electron chi connectivity index (χ4n) is 2.97. The predicted octanol–water partition coefficient (Wildman–Crippen LogP) is 1.11. The molecule has 2 saturated heterocycles. The molecule has 0 aromatic carbocycles. The first kappa shape index (κ1) is 14.8. The van der Waals surface area contributed by atoms with Crippen molar-refractivity contribution >= 4 is 17.5 Å². The molecule has 3 rings (SSSR count). The quantitative estimate of drug-likeness (QED) is 0.837. The van der Waals surface area contributed by atoms with Crippen molar-refractivity contribution in [3.8, 4) is 0 Å². The Labute approximate surface area is 128 Å². The first-order valence-corrected chi connectivity index (χ1v) is 7.73. The molecule has 2 aliphatic heterocycles. The molecule has 6 nitrogen and oxygen atoms in total. The zero-order chi connectivity index (χ0) is 14.8. The minimum Gasteiger partial charge on any atom is -0.380 e. The van der Waals surface area contributed by atoms with Crippen molar-refractivity contribution < 1.29 is 14.1 Å². The molecule has 3 heterocycles. The van der Waals surface area contributed by atoms with E-state index in [4.69, 9.17) is 20.9 Å². The minimum absolute atomic E-state index is 0.0884. The fraction of sp³-hybridized carbons (Fsp3) is 0.714. The molecule has 1 atom stereocenters. The van der Waals surface area contributed by atoms with E-state index in [1.54, 1.807) is 6.92 Å². The first-order chi connectivity index (χ1) is 10.1. The lowest BCUT2D eigenvalue weighted by atomic mass is 10.1. The van der Waals surface area contributed by atoms with Gasteiger partial charge >= 0.3 is 0 Å². The molecule has 2 aliphatic rings. The lowest BCUT2D eigenvalue weighted by Crippen LogP contribution is -2.52. The zero-order valence-electron chi connectivity index (χ0n) is 12.2. The maximum absolute atomic E-state index is 12.4. The maximum atomic E-state index is 12.4. The first-order valence-electron chi connectivity index (χ1n) is 7.35. The van der Waals surface area contributed by atoms with Crippen LogP contribution in [0.5, 0.6) is 0 Å². The fourth-order valence-corrected chi connectivity index (χ4v) is 3.21. The Morgan fingerprint density at radius 3 is 2.71 bits per heavy atom. The van der Waals surface area contributed by atoms with Gasteiger partial charge in [-0.2, -0.15) is 0 Å². The number of carbonyl (C=O) groups excluding carboxylic acids is 1. The highest BCUT2D eigenvalue weighted by Gasteiger charge is 2.29. The Morgan fingerprint density at radius 1 is 1.38 bits per heavy atom. The summed E-state index contributed by atoms with van der Waals surface area (Å²) < 4.78 is 10.3. The van der Waals surface area contributed by atoms with Crippen LogP contribution in [0.2, 0.25) is 5.22 Å². The molecule has 1 unspecified atom stereocenters. The summed E-state index contributed by atoms with van der Waals surface area (Å²) in [6, 6.07) is 0.525. The second-order valence-corrected chi connectivity index (χ2v) is 5.97. The number of aryl methyl sites for hydroxylation is 1. The third-order valence-corrected chi connectivity index (χ3v) is 4.65. The third-order valence-electron chi connectivity index (χ3n) is 4.35. The Hall–Kier alpha value is -1.11. The van der Waals surface area contributed by atoms with Crippen LogP contribution < -0.4 is 0 Å². The van der Waals surface area contributed by atoms with Gasteiger partial charge in [0.25, 0.3) is 0 Å². The summed E-state index contributed by atoms with van der Waals surface area (Å²) in [5.74, 6) is 0.0884. The second kappa shape index (κ2) is 6.34. The van der Waals surface area contributed by atoms with Gasteiger partial charge in [0.1, 0.15) is 0 Å². The van der Waals surface area contributed by atoms with E-state index in [1.165, 1.54) is 0 Å². The molecule has 0 radical (unpaired) electrons. The summed E-state index contributed by atoms with van der Waals surface area (Å²) in [6.45, 7) is 6.83. The van der Waals surface area contributed by atoms with Gasteiger partial charge in [-0.1, -0.05) is 5.16 Å². The molecule has 1 aromatic rings.